The molecule has 0 spiro atoms. The Morgan fingerprint density at radius 1 is 1.13 bits per heavy atom. The van der Waals surface area contributed by atoms with E-state index in [1.807, 2.05) is 50.2 Å². The van der Waals surface area contributed by atoms with Crippen LogP contribution in [0.5, 0.6) is 5.75 Å². The average Bonchev–Trinajstić information content (AvgIpc) is 2.50. The fourth-order valence-electron chi connectivity index (χ4n) is 2.11. The highest BCUT2D eigenvalue weighted by Crippen LogP contribution is 2.20. The predicted octanol–water partition coefficient (Wildman–Crippen LogP) is 4.24. The van der Waals surface area contributed by atoms with Crippen LogP contribution < -0.4 is 10.1 Å². The van der Waals surface area contributed by atoms with Crippen LogP contribution in [0.3, 0.4) is 0 Å². The number of aryl methyl sites for hydroxylation is 2. The molecule has 2 rings (SSSR count). The summed E-state index contributed by atoms with van der Waals surface area (Å²) in [5, 5.41) is 3.55. The van der Waals surface area contributed by atoms with Crippen molar-refractivity contribution in [3.8, 4) is 5.75 Å². The Balaban J connectivity index is 1.65. The molecule has 5 heteroatoms. The molecule has 0 bridgehead atoms. The lowest BCUT2D eigenvalue weighted by atomic mass is 10.1. The van der Waals surface area contributed by atoms with Crippen LogP contribution in [0.15, 0.2) is 47.4 Å². The molecule has 0 unspecified atom stereocenters. The second-order valence-corrected chi connectivity index (χ2v) is 6.75. The Hall–Kier alpha value is -1.65. The van der Waals surface area contributed by atoms with Gasteiger partial charge in [0.25, 0.3) is 0 Å². The van der Waals surface area contributed by atoms with Gasteiger partial charge in [-0.2, -0.15) is 0 Å². The van der Waals surface area contributed by atoms with Gasteiger partial charge in [-0.3, -0.25) is 4.79 Å². The highest BCUT2D eigenvalue weighted by Gasteiger charge is 2.03. The summed E-state index contributed by atoms with van der Waals surface area (Å²) in [4.78, 5) is 12.8. The van der Waals surface area contributed by atoms with Gasteiger partial charge in [-0.1, -0.05) is 17.7 Å². The Morgan fingerprint density at radius 3 is 2.43 bits per heavy atom. The van der Waals surface area contributed by atoms with Gasteiger partial charge in [0.15, 0.2) is 0 Å². The van der Waals surface area contributed by atoms with Crippen molar-refractivity contribution in [1.82, 2.24) is 5.32 Å². The zero-order valence-corrected chi connectivity index (χ0v) is 14.8. The van der Waals surface area contributed by atoms with Crippen molar-refractivity contribution in [3.63, 3.8) is 0 Å². The number of hydrogen-bond acceptors (Lipinski definition) is 3. The number of carbonyl (C=O) groups excluding carboxylic acids is 1. The lowest BCUT2D eigenvalue weighted by molar-refractivity contribution is -0.118. The largest absolute Gasteiger partial charge is 0.492 e. The van der Waals surface area contributed by atoms with Gasteiger partial charge in [-0.15, -0.1) is 11.8 Å². The fraction of sp³-hybridized carbons (Fsp3) is 0.278. The molecule has 0 aliphatic rings. The van der Waals surface area contributed by atoms with E-state index in [-0.39, 0.29) is 5.91 Å². The molecule has 0 fully saturated rings. The molecule has 2 aromatic carbocycles. The molecule has 0 saturated carbocycles. The first kappa shape index (κ1) is 17.7. The first-order valence-corrected chi connectivity index (χ1v) is 8.75. The first-order chi connectivity index (χ1) is 11.0. The van der Waals surface area contributed by atoms with E-state index >= 15 is 0 Å². The van der Waals surface area contributed by atoms with Crippen molar-refractivity contribution in [2.75, 3.05) is 18.9 Å². The fourth-order valence-corrected chi connectivity index (χ4v) is 2.96. The van der Waals surface area contributed by atoms with Gasteiger partial charge in [0.2, 0.25) is 5.91 Å². The van der Waals surface area contributed by atoms with E-state index in [2.05, 4.69) is 11.4 Å². The third-order valence-corrected chi connectivity index (χ3v) is 4.34. The maximum atomic E-state index is 11.8. The van der Waals surface area contributed by atoms with E-state index in [4.69, 9.17) is 16.3 Å². The Labute approximate surface area is 146 Å². The van der Waals surface area contributed by atoms with E-state index in [1.54, 1.807) is 0 Å². The van der Waals surface area contributed by atoms with Gasteiger partial charge in [0, 0.05) is 9.92 Å². The highest BCUT2D eigenvalue weighted by atomic mass is 35.5. The second-order valence-electron chi connectivity index (χ2n) is 5.26. The third-order valence-electron chi connectivity index (χ3n) is 3.07. The zero-order chi connectivity index (χ0) is 16.7. The number of nitrogens with one attached hydrogen (secondary N) is 1. The molecule has 0 heterocycles. The summed E-state index contributed by atoms with van der Waals surface area (Å²) in [6, 6.07) is 13.5. The molecule has 2 aromatic rings. The normalized spacial score (nSPS) is 10.4. The number of ether oxygens (including phenoxy) is 1. The SMILES string of the molecule is Cc1cc(C)cc(OCCNC(=O)CSc2ccc(Cl)cc2)c1. The van der Waals surface area contributed by atoms with Crippen molar-refractivity contribution in [2.45, 2.75) is 18.7 Å². The van der Waals surface area contributed by atoms with E-state index < -0.39 is 0 Å². The minimum atomic E-state index is -0.00558. The number of amides is 1. The van der Waals surface area contributed by atoms with E-state index in [0.29, 0.717) is 23.9 Å². The molecular weight excluding hydrogens is 330 g/mol. The molecule has 1 amide bonds. The predicted molar refractivity (Wildman–Crippen MR) is 96.6 cm³/mol. The number of halogens is 1. The van der Waals surface area contributed by atoms with Crippen LogP contribution in [-0.4, -0.2) is 24.8 Å². The van der Waals surface area contributed by atoms with Crippen molar-refractivity contribution < 1.29 is 9.53 Å². The standard InChI is InChI=1S/C18H20ClNO2S/c1-13-9-14(2)11-16(10-13)22-8-7-20-18(21)12-23-17-5-3-15(19)4-6-17/h3-6,9-11H,7-8,12H2,1-2H3,(H,20,21). The molecule has 0 atom stereocenters. The van der Waals surface area contributed by atoms with Gasteiger partial charge < -0.3 is 10.1 Å². The molecular formula is C18H20ClNO2S. The lowest BCUT2D eigenvalue weighted by Crippen LogP contribution is -2.29. The summed E-state index contributed by atoms with van der Waals surface area (Å²) in [5.74, 6) is 1.21. The molecule has 0 aromatic heterocycles. The Kier molecular flexibility index (Phi) is 6.81. The smallest absolute Gasteiger partial charge is 0.230 e. The minimum absolute atomic E-state index is 0.00558. The van der Waals surface area contributed by atoms with Crippen molar-refractivity contribution >= 4 is 29.3 Å². The van der Waals surface area contributed by atoms with Crippen LogP contribution in [0, 0.1) is 13.8 Å². The molecule has 1 N–H and O–H groups in total. The van der Waals surface area contributed by atoms with Gasteiger partial charge in [-0.05, 0) is 61.4 Å². The summed E-state index contributed by atoms with van der Waals surface area (Å²) in [7, 11) is 0. The first-order valence-electron chi connectivity index (χ1n) is 7.39. The van der Waals surface area contributed by atoms with Crippen LogP contribution in [0.25, 0.3) is 0 Å². The molecule has 0 radical (unpaired) electrons. The number of benzene rings is 2. The zero-order valence-electron chi connectivity index (χ0n) is 13.3. The summed E-state index contributed by atoms with van der Waals surface area (Å²) >= 11 is 7.31. The Bertz CT molecular complexity index is 638. The number of carbonyl (C=O) groups is 1. The van der Waals surface area contributed by atoms with Gasteiger partial charge in [0.1, 0.15) is 12.4 Å². The molecule has 0 aliphatic heterocycles. The van der Waals surface area contributed by atoms with Crippen LogP contribution in [0.2, 0.25) is 5.02 Å². The molecule has 0 aliphatic carbocycles. The quantitative estimate of drug-likeness (QED) is 0.600. The summed E-state index contributed by atoms with van der Waals surface area (Å²) in [6.45, 7) is 5.03. The third kappa shape index (κ3) is 6.55. The average molecular weight is 350 g/mol. The van der Waals surface area contributed by atoms with Crippen molar-refractivity contribution in [2.24, 2.45) is 0 Å². The van der Waals surface area contributed by atoms with Crippen LogP contribution in [-0.2, 0) is 4.79 Å². The second kappa shape index (κ2) is 8.85. The summed E-state index contributed by atoms with van der Waals surface area (Å²) in [6.07, 6.45) is 0. The highest BCUT2D eigenvalue weighted by molar-refractivity contribution is 8.00. The topological polar surface area (TPSA) is 38.3 Å². The maximum Gasteiger partial charge on any atom is 0.230 e. The van der Waals surface area contributed by atoms with E-state index in [0.717, 1.165) is 10.6 Å². The molecule has 3 nitrogen and oxygen atoms in total. The van der Waals surface area contributed by atoms with Crippen molar-refractivity contribution in [3.05, 3.63) is 58.6 Å². The Morgan fingerprint density at radius 2 is 1.78 bits per heavy atom. The molecule has 122 valence electrons. The molecule has 23 heavy (non-hydrogen) atoms. The molecule has 0 saturated heterocycles. The van der Waals surface area contributed by atoms with E-state index in [9.17, 15) is 4.79 Å². The van der Waals surface area contributed by atoms with Crippen molar-refractivity contribution in [1.29, 1.82) is 0 Å². The summed E-state index contributed by atoms with van der Waals surface area (Å²) < 4.78 is 5.66. The summed E-state index contributed by atoms with van der Waals surface area (Å²) in [5.41, 5.74) is 2.34. The van der Waals surface area contributed by atoms with Crippen LogP contribution >= 0.6 is 23.4 Å². The van der Waals surface area contributed by atoms with Gasteiger partial charge >= 0.3 is 0 Å². The van der Waals surface area contributed by atoms with Crippen LogP contribution in [0.4, 0.5) is 0 Å². The monoisotopic (exact) mass is 349 g/mol. The number of rotatable bonds is 7. The van der Waals surface area contributed by atoms with Gasteiger partial charge in [0.05, 0.1) is 12.3 Å². The van der Waals surface area contributed by atoms with Crippen LogP contribution in [0.1, 0.15) is 11.1 Å². The minimum Gasteiger partial charge on any atom is -0.492 e. The number of hydrogen-bond donors (Lipinski definition) is 1. The maximum absolute atomic E-state index is 11.8. The van der Waals surface area contributed by atoms with E-state index in [1.165, 1.54) is 22.9 Å². The lowest BCUT2D eigenvalue weighted by Gasteiger charge is -2.09. The van der Waals surface area contributed by atoms with Gasteiger partial charge in [-0.25, -0.2) is 0 Å². The number of thioether (sulfide) groups is 1.